The lowest BCUT2D eigenvalue weighted by atomic mass is 10.1. The first kappa shape index (κ1) is 18.5. The Bertz CT molecular complexity index is 1080. The molecular weight excluding hydrogens is 444 g/mol. The van der Waals surface area contributed by atoms with Gasteiger partial charge in [0.15, 0.2) is 0 Å². The minimum Gasteiger partial charge on any atom is -0.349 e. The molecule has 1 N–H and O–H groups in total. The second-order valence-corrected chi connectivity index (χ2v) is 7.82. The Morgan fingerprint density at radius 2 is 2.00 bits per heavy atom. The predicted molar refractivity (Wildman–Crippen MR) is 107 cm³/mol. The van der Waals surface area contributed by atoms with E-state index in [1.54, 1.807) is 30.6 Å². The van der Waals surface area contributed by atoms with Crippen molar-refractivity contribution >= 4 is 45.0 Å². The van der Waals surface area contributed by atoms with Crippen LogP contribution in [-0.2, 0) is 11.3 Å². The van der Waals surface area contributed by atoms with E-state index in [1.165, 1.54) is 11.3 Å². The lowest BCUT2D eigenvalue weighted by Gasteiger charge is -2.13. The molecule has 0 bridgehead atoms. The summed E-state index contributed by atoms with van der Waals surface area (Å²) in [6, 6.07) is 8.60. The smallest absolute Gasteiger partial charge is 0.262 e. The van der Waals surface area contributed by atoms with Gasteiger partial charge in [0.1, 0.15) is 11.6 Å². The van der Waals surface area contributed by atoms with E-state index in [1.807, 2.05) is 17.5 Å². The largest absolute Gasteiger partial charge is 0.349 e. The van der Waals surface area contributed by atoms with Crippen molar-refractivity contribution in [1.29, 1.82) is 0 Å². The van der Waals surface area contributed by atoms with Gasteiger partial charge in [-0.1, -0.05) is 15.9 Å². The van der Waals surface area contributed by atoms with Crippen LogP contribution in [0.5, 0.6) is 0 Å². The first-order valence-electron chi connectivity index (χ1n) is 8.30. The molecule has 2 aromatic heterocycles. The standard InChI is InChI=1S/C19H13BrN4O3S/c20-12-3-4-14-15(6-12)19(27)24(18(14)26)9-16(25)22-8-13-10-28-17(23-13)11-2-1-5-21-7-11/h1-7,10H,8-9H2,(H,22,25). The Morgan fingerprint density at radius 1 is 1.18 bits per heavy atom. The van der Waals surface area contributed by atoms with E-state index >= 15 is 0 Å². The molecule has 1 aromatic carbocycles. The summed E-state index contributed by atoms with van der Waals surface area (Å²) in [7, 11) is 0. The van der Waals surface area contributed by atoms with Crippen molar-refractivity contribution < 1.29 is 14.4 Å². The van der Waals surface area contributed by atoms with Gasteiger partial charge in [0.2, 0.25) is 5.91 Å². The van der Waals surface area contributed by atoms with Crippen molar-refractivity contribution in [2.24, 2.45) is 0 Å². The maximum absolute atomic E-state index is 12.4. The van der Waals surface area contributed by atoms with Crippen molar-refractivity contribution in [3.8, 4) is 10.6 Å². The maximum atomic E-state index is 12.4. The highest BCUT2D eigenvalue weighted by atomic mass is 79.9. The van der Waals surface area contributed by atoms with E-state index in [4.69, 9.17) is 0 Å². The number of pyridine rings is 1. The highest BCUT2D eigenvalue weighted by Gasteiger charge is 2.36. The third kappa shape index (κ3) is 3.58. The van der Waals surface area contributed by atoms with Crippen LogP contribution < -0.4 is 5.32 Å². The van der Waals surface area contributed by atoms with Crippen molar-refractivity contribution in [2.75, 3.05) is 6.54 Å². The number of thiazole rings is 1. The molecule has 1 aliphatic heterocycles. The summed E-state index contributed by atoms with van der Waals surface area (Å²) < 4.78 is 0.701. The second kappa shape index (κ2) is 7.61. The molecule has 0 radical (unpaired) electrons. The summed E-state index contributed by atoms with van der Waals surface area (Å²) in [5.41, 5.74) is 2.21. The monoisotopic (exact) mass is 456 g/mol. The highest BCUT2D eigenvalue weighted by Crippen LogP contribution is 2.26. The minimum atomic E-state index is -0.469. The number of carbonyl (C=O) groups excluding carboxylic acids is 3. The number of fused-ring (bicyclic) bond motifs is 1. The summed E-state index contributed by atoms with van der Waals surface area (Å²) in [6.45, 7) is -0.117. The molecule has 7 nitrogen and oxygen atoms in total. The average Bonchev–Trinajstić information content (AvgIpc) is 3.27. The third-order valence-corrected chi connectivity index (χ3v) is 5.59. The van der Waals surface area contributed by atoms with E-state index < -0.39 is 17.7 Å². The van der Waals surface area contributed by atoms with Gasteiger partial charge in [-0.25, -0.2) is 4.98 Å². The topological polar surface area (TPSA) is 92.3 Å². The molecule has 0 saturated heterocycles. The Labute approximate surface area is 172 Å². The second-order valence-electron chi connectivity index (χ2n) is 6.05. The number of hydrogen-bond donors (Lipinski definition) is 1. The van der Waals surface area contributed by atoms with E-state index in [2.05, 4.69) is 31.2 Å². The molecule has 9 heteroatoms. The molecule has 0 unspecified atom stereocenters. The maximum Gasteiger partial charge on any atom is 0.262 e. The van der Waals surface area contributed by atoms with Crippen LogP contribution in [0.2, 0.25) is 0 Å². The van der Waals surface area contributed by atoms with Crippen LogP contribution in [0.4, 0.5) is 0 Å². The first-order chi connectivity index (χ1) is 13.5. The zero-order chi connectivity index (χ0) is 19.7. The fourth-order valence-electron chi connectivity index (χ4n) is 2.81. The predicted octanol–water partition coefficient (Wildman–Crippen LogP) is 2.88. The van der Waals surface area contributed by atoms with Gasteiger partial charge in [-0.3, -0.25) is 24.3 Å². The molecule has 0 aliphatic carbocycles. The average molecular weight is 457 g/mol. The minimum absolute atomic E-state index is 0.213. The SMILES string of the molecule is O=C(CN1C(=O)c2ccc(Br)cc2C1=O)NCc1csc(-c2cccnc2)n1. The van der Waals surface area contributed by atoms with Crippen molar-refractivity contribution in [3.63, 3.8) is 0 Å². The normalized spacial score (nSPS) is 13.0. The Morgan fingerprint density at radius 3 is 2.79 bits per heavy atom. The fraction of sp³-hybridized carbons (Fsp3) is 0.105. The third-order valence-electron chi connectivity index (χ3n) is 4.16. The quantitative estimate of drug-likeness (QED) is 0.595. The van der Waals surface area contributed by atoms with E-state index in [-0.39, 0.29) is 13.1 Å². The summed E-state index contributed by atoms with van der Waals surface area (Å²) in [4.78, 5) is 46.5. The Hall–Kier alpha value is -2.91. The molecule has 3 amide bonds. The molecule has 0 atom stereocenters. The summed E-state index contributed by atoms with van der Waals surface area (Å²) in [5.74, 6) is -1.36. The molecule has 3 aromatic rings. The lowest BCUT2D eigenvalue weighted by Crippen LogP contribution is -2.40. The van der Waals surface area contributed by atoms with Crippen molar-refractivity contribution in [3.05, 3.63) is 69.4 Å². The molecule has 3 heterocycles. The van der Waals surface area contributed by atoms with Crippen LogP contribution in [0, 0.1) is 0 Å². The lowest BCUT2D eigenvalue weighted by molar-refractivity contribution is -0.121. The summed E-state index contributed by atoms with van der Waals surface area (Å²) in [6.07, 6.45) is 3.41. The van der Waals surface area contributed by atoms with Crippen molar-refractivity contribution in [2.45, 2.75) is 6.54 Å². The van der Waals surface area contributed by atoms with Crippen LogP contribution in [0.1, 0.15) is 26.4 Å². The molecule has 0 spiro atoms. The molecule has 1 aliphatic rings. The van der Waals surface area contributed by atoms with Crippen LogP contribution in [-0.4, -0.2) is 39.1 Å². The number of hydrogen-bond acceptors (Lipinski definition) is 6. The van der Waals surface area contributed by atoms with Crippen molar-refractivity contribution in [1.82, 2.24) is 20.2 Å². The zero-order valence-corrected chi connectivity index (χ0v) is 16.8. The van der Waals surface area contributed by atoms with Gasteiger partial charge in [0.05, 0.1) is 23.4 Å². The van der Waals surface area contributed by atoms with Gasteiger partial charge in [-0.2, -0.15) is 0 Å². The number of nitrogens with one attached hydrogen (secondary N) is 1. The molecule has 4 rings (SSSR count). The first-order valence-corrected chi connectivity index (χ1v) is 9.97. The van der Waals surface area contributed by atoms with Gasteiger partial charge in [0.25, 0.3) is 11.8 Å². The number of rotatable bonds is 5. The van der Waals surface area contributed by atoms with Crippen LogP contribution in [0.15, 0.2) is 52.6 Å². The zero-order valence-electron chi connectivity index (χ0n) is 14.4. The van der Waals surface area contributed by atoms with E-state index in [0.717, 1.165) is 15.5 Å². The number of amides is 3. The summed E-state index contributed by atoms with van der Waals surface area (Å²) >= 11 is 4.74. The number of halogens is 1. The fourth-order valence-corrected chi connectivity index (χ4v) is 3.98. The molecular formula is C19H13BrN4O3S. The molecule has 28 heavy (non-hydrogen) atoms. The van der Waals surface area contributed by atoms with Gasteiger partial charge in [0, 0.05) is 27.8 Å². The Kier molecular flexibility index (Phi) is 5.01. The van der Waals surface area contributed by atoms with Gasteiger partial charge in [-0.05, 0) is 30.3 Å². The van der Waals surface area contributed by atoms with Crippen LogP contribution in [0.25, 0.3) is 10.6 Å². The molecule has 140 valence electrons. The Balaban J connectivity index is 1.37. The van der Waals surface area contributed by atoms with E-state index in [0.29, 0.717) is 21.3 Å². The van der Waals surface area contributed by atoms with Gasteiger partial charge >= 0.3 is 0 Å². The number of aromatic nitrogens is 2. The van der Waals surface area contributed by atoms with Crippen LogP contribution >= 0.6 is 27.3 Å². The number of benzene rings is 1. The molecule has 0 fully saturated rings. The number of nitrogens with zero attached hydrogens (tertiary/aromatic N) is 3. The van der Waals surface area contributed by atoms with Gasteiger partial charge < -0.3 is 5.32 Å². The number of carbonyl (C=O) groups is 3. The summed E-state index contributed by atoms with van der Waals surface area (Å²) in [5, 5.41) is 5.36. The number of imide groups is 1. The van der Waals surface area contributed by atoms with E-state index in [9.17, 15) is 14.4 Å². The highest BCUT2D eigenvalue weighted by molar-refractivity contribution is 9.10. The molecule has 0 saturated carbocycles. The van der Waals surface area contributed by atoms with Crippen LogP contribution in [0.3, 0.4) is 0 Å². The van der Waals surface area contributed by atoms with Gasteiger partial charge in [-0.15, -0.1) is 11.3 Å².